The van der Waals surface area contributed by atoms with Gasteiger partial charge in [0.2, 0.25) is 9.84 Å². The molecule has 1 amide bonds. The molecule has 0 saturated heterocycles. The number of halogens is 2. The zero-order valence-corrected chi connectivity index (χ0v) is 12.5. The average molecular weight is 331 g/mol. The Hall–Kier alpha value is -1.80. The van der Waals surface area contributed by atoms with E-state index in [0.717, 1.165) is 10.9 Å². The standard InChI is InChI=1S/C13H11F2NO3S2/c1-8-6-7-10(20-8)12(17)16-9-4-2-3-5-11(9)21(18,19)13(14)15/h2-7,13H,1H3,(H,16,17). The number of para-hydroxylation sites is 1. The number of hydrogen-bond donors (Lipinski definition) is 1. The van der Waals surface area contributed by atoms with E-state index in [0.29, 0.717) is 4.88 Å². The van der Waals surface area contributed by atoms with E-state index in [9.17, 15) is 22.0 Å². The average Bonchev–Trinajstić information content (AvgIpc) is 2.86. The summed E-state index contributed by atoms with van der Waals surface area (Å²) in [4.78, 5) is 12.7. The third-order valence-corrected chi connectivity index (χ3v) is 5.08. The minimum Gasteiger partial charge on any atom is -0.320 e. The number of hydrogen-bond acceptors (Lipinski definition) is 4. The van der Waals surface area contributed by atoms with Crippen molar-refractivity contribution in [3.05, 3.63) is 46.2 Å². The van der Waals surface area contributed by atoms with Gasteiger partial charge in [0.05, 0.1) is 15.5 Å². The molecule has 0 aliphatic carbocycles. The Morgan fingerprint density at radius 2 is 1.86 bits per heavy atom. The molecule has 112 valence electrons. The Bertz CT molecular complexity index is 769. The molecule has 4 nitrogen and oxygen atoms in total. The van der Waals surface area contributed by atoms with Gasteiger partial charge in [-0.3, -0.25) is 4.79 Å². The molecule has 0 saturated carbocycles. The summed E-state index contributed by atoms with van der Waals surface area (Å²) in [7, 11) is -4.77. The number of amides is 1. The lowest BCUT2D eigenvalue weighted by molar-refractivity contribution is 0.103. The largest absolute Gasteiger partial charge is 0.341 e. The molecule has 21 heavy (non-hydrogen) atoms. The second-order valence-electron chi connectivity index (χ2n) is 4.17. The number of alkyl halides is 2. The van der Waals surface area contributed by atoms with E-state index in [4.69, 9.17) is 0 Å². The zero-order valence-electron chi connectivity index (χ0n) is 10.8. The number of aryl methyl sites for hydroxylation is 1. The van der Waals surface area contributed by atoms with Gasteiger partial charge in [0.15, 0.2) is 0 Å². The van der Waals surface area contributed by atoms with Crippen LogP contribution in [0.15, 0.2) is 41.3 Å². The molecular weight excluding hydrogens is 320 g/mol. The first-order chi connectivity index (χ1) is 9.82. The van der Waals surface area contributed by atoms with Crippen LogP contribution in [0.3, 0.4) is 0 Å². The van der Waals surface area contributed by atoms with Crippen molar-refractivity contribution >= 4 is 32.8 Å². The molecule has 1 heterocycles. The minimum atomic E-state index is -4.77. The monoisotopic (exact) mass is 331 g/mol. The van der Waals surface area contributed by atoms with Crippen molar-refractivity contribution in [2.75, 3.05) is 5.32 Å². The molecule has 0 atom stereocenters. The summed E-state index contributed by atoms with van der Waals surface area (Å²) in [5, 5.41) is 2.36. The number of nitrogens with one attached hydrogen (secondary N) is 1. The van der Waals surface area contributed by atoms with Gasteiger partial charge in [0.25, 0.3) is 5.91 Å². The highest BCUT2D eigenvalue weighted by atomic mass is 32.2. The van der Waals surface area contributed by atoms with Crippen LogP contribution in [-0.4, -0.2) is 20.1 Å². The zero-order chi connectivity index (χ0) is 15.6. The smallest absolute Gasteiger partial charge is 0.320 e. The van der Waals surface area contributed by atoms with Gasteiger partial charge in [0.1, 0.15) is 0 Å². The molecule has 0 aliphatic rings. The molecule has 1 N–H and O–H groups in total. The van der Waals surface area contributed by atoms with Crippen molar-refractivity contribution in [2.24, 2.45) is 0 Å². The molecule has 0 unspecified atom stereocenters. The second-order valence-corrected chi connectivity index (χ2v) is 7.34. The maximum Gasteiger partial charge on any atom is 0.341 e. The maximum absolute atomic E-state index is 12.6. The van der Waals surface area contributed by atoms with Crippen LogP contribution in [0.4, 0.5) is 14.5 Å². The van der Waals surface area contributed by atoms with Gasteiger partial charge in [-0.15, -0.1) is 11.3 Å². The van der Waals surface area contributed by atoms with E-state index < -0.39 is 26.4 Å². The molecule has 0 bridgehead atoms. The van der Waals surface area contributed by atoms with E-state index in [1.165, 1.54) is 29.5 Å². The molecule has 0 spiro atoms. The number of carbonyl (C=O) groups is 1. The SMILES string of the molecule is Cc1ccc(C(=O)Nc2ccccc2S(=O)(=O)C(F)F)s1. The summed E-state index contributed by atoms with van der Waals surface area (Å²) < 4.78 is 48.4. The fraction of sp³-hybridized carbons (Fsp3) is 0.154. The topological polar surface area (TPSA) is 63.2 Å². The molecule has 2 rings (SSSR count). The predicted molar refractivity (Wildman–Crippen MR) is 76.6 cm³/mol. The van der Waals surface area contributed by atoms with Crippen LogP contribution in [0.2, 0.25) is 0 Å². The van der Waals surface area contributed by atoms with Gasteiger partial charge in [-0.1, -0.05) is 12.1 Å². The molecule has 8 heteroatoms. The van der Waals surface area contributed by atoms with Crippen LogP contribution in [0.1, 0.15) is 14.5 Å². The Morgan fingerprint density at radius 1 is 1.19 bits per heavy atom. The third-order valence-electron chi connectivity index (χ3n) is 2.64. The van der Waals surface area contributed by atoms with Crippen molar-refractivity contribution in [2.45, 2.75) is 17.6 Å². The number of anilines is 1. The van der Waals surface area contributed by atoms with E-state index in [-0.39, 0.29) is 5.69 Å². The Morgan fingerprint density at radius 3 is 2.43 bits per heavy atom. The lowest BCUT2D eigenvalue weighted by atomic mass is 10.3. The lowest BCUT2D eigenvalue weighted by Gasteiger charge is -2.10. The van der Waals surface area contributed by atoms with Crippen LogP contribution in [0.5, 0.6) is 0 Å². The summed E-state index contributed by atoms with van der Waals surface area (Å²) >= 11 is 1.23. The van der Waals surface area contributed by atoms with Gasteiger partial charge in [-0.2, -0.15) is 8.78 Å². The number of thiophene rings is 1. The van der Waals surface area contributed by atoms with Crippen molar-refractivity contribution in [3.63, 3.8) is 0 Å². The van der Waals surface area contributed by atoms with Gasteiger partial charge >= 0.3 is 5.76 Å². The summed E-state index contributed by atoms with van der Waals surface area (Å²) in [6.45, 7) is 1.82. The van der Waals surface area contributed by atoms with Crippen LogP contribution in [0, 0.1) is 6.92 Å². The van der Waals surface area contributed by atoms with Crippen molar-refractivity contribution in [1.29, 1.82) is 0 Å². The number of rotatable bonds is 4. The summed E-state index contributed by atoms with van der Waals surface area (Å²) in [5.74, 6) is -4.08. The van der Waals surface area contributed by atoms with E-state index in [1.54, 1.807) is 12.1 Å². The van der Waals surface area contributed by atoms with Gasteiger partial charge < -0.3 is 5.32 Å². The Kier molecular flexibility index (Phi) is 4.38. The molecule has 1 aromatic heterocycles. The van der Waals surface area contributed by atoms with Crippen LogP contribution < -0.4 is 5.32 Å². The molecular formula is C13H11F2NO3S2. The van der Waals surface area contributed by atoms with E-state index in [2.05, 4.69) is 5.32 Å². The Labute approximate surface area is 124 Å². The number of carbonyl (C=O) groups excluding carboxylic acids is 1. The van der Waals surface area contributed by atoms with Gasteiger partial charge in [-0.25, -0.2) is 8.42 Å². The minimum absolute atomic E-state index is 0.158. The summed E-state index contributed by atoms with van der Waals surface area (Å²) in [6.07, 6.45) is 0. The molecule has 2 aromatic rings. The summed E-state index contributed by atoms with van der Waals surface area (Å²) in [6, 6.07) is 8.41. The third kappa shape index (κ3) is 3.27. The normalized spacial score (nSPS) is 11.6. The highest BCUT2D eigenvalue weighted by molar-refractivity contribution is 7.91. The quantitative estimate of drug-likeness (QED) is 0.935. The number of sulfone groups is 1. The number of benzene rings is 1. The van der Waals surface area contributed by atoms with Crippen LogP contribution in [-0.2, 0) is 9.84 Å². The first-order valence-electron chi connectivity index (χ1n) is 5.81. The van der Waals surface area contributed by atoms with Crippen LogP contribution >= 0.6 is 11.3 Å². The highest BCUT2D eigenvalue weighted by Gasteiger charge is 2.29. The fourth-order valence-electron chi connectivity index (χ4n) is 1.65. The fourth-order valence-corrected chi connectivity index (χ4v) is 3.30. The van der Waals surface area contributed by atoms with E-state index in [1.807, 2.05) is 6.92 Å². The van der Waals surface area contributed by atoms with Crippen molar-refractivity contribution in [1.82, 2.24) is 0 Å². The van der Waals surface area contributed by atoms with Gasteiger partial charge in [0, 0.05) is 4.88 Å². The van der Waals surface area contributed by atoms with Crippen molar-refractivity contribution in [3.8, 4) is 0 Å². The second kappa shape index (κ2) is 5.90. The first-order valence-corrected chi connectivity index (χ1v) is 8.17. The molecule has 0 aliphatic heterocycles. The molecule has 0 fully saturated rings. The molecule has 1 aromatic carbocycles. The Balaban J connectivity index is 2.36. The van der Waals surface area contributed by atoms with Crippen molar-refractivity contribution < 1.29 is 22.0 Å². The lowest BCUT2D eigenvalue weighted by Crippen LogP contribution is -2.17. The maximum atomic E-state index is 12.6. The van der Waals surface area contributed by atoms with E-state index >= 15 is 0 Å². The molecule has 0 radical (unpaired) electrons. The van der Waals surface area contributed by atoms with Crippen LogP contribution in [0.25, 0.3) is 0 Å². The first kappa shape index (κ1) is 15.6. The predicted octanol–water partition coefficient (Wildman–Crippen LogP) is 3.31. The highest BCUT2D eigenvalue weighted by Crippen LogP contribution is 2.27. The van der Waals surface area contributed by atoms with Gasteiger partial charge in [-0.05, 0) is 31.2 Å². The summed E-state index contributed by atoms with van der Waals surface area (Å²) in [5.41, 5.74) is -0.158.